The number of nitrogens with one attached hydrogen (secondary N) is 1. The van der Waals surface area contributed by atoms with Crippen LogP contribution in [0.2, 0.25) is 0 Å². The second-order valence-electron chi connectivity index (χ2n) is 4.73. The molecule has 0 spiro atoms. The highest BCUT2D eigenvalue weighted by molar-refractivity contribution is 6.35. The first kappa shape index (κ1) is 15.7. The normalized spacial score (nSPS) is 11.1. The number of hydrogen-bond donors (Lipinski definition) is 1. The van der Waals surface area contributed by atoms with Crippen molar-refractivity contribution in [2.75, 3.05) is 12.0 Å². The summed E-state index contributed by atoms with van der Waals surface area (Å²) in [4.78, 5) is 15.8. The van der Waals surface area contributed by atoms with Crippen molar-refractivity contribution in [3.8, 4) is 0 Å². The lowest BCUT2D eigenvalue weighted by Gasteiger charge is -2.06. The molecule has 5 nitrogen and oxygen atoms in total. The van der Waals surface area contributed by atoms with E-state index < -0.39 is 5.97 Å². The zero-order valence-electron chi connectivity index (χ0n) is 12.7. The van der Waals surface area contributed by atoms with Crippen LogP contribution in [0.1, 0.15) is 25.1 Å². The van der Waals surface area contributed by atoms with E-state index in [1.165, 1.54) is 0 Å². The lowest BCUT2D eigenvalue weighted by atomic mass is 10.1. The average Bonchev–Trinajstić information content (AvgIpc) is 2.54. The first-order valence-electron chi connectivity index (χ1n) is 7.15. The lowest BCUT2D eigenvalue weighted by Crippen LogP contribution is -2.15. The summed E-state index contributed by atoms with van der Waals surface area (Å²) >= 11 is 0. The summed E-state index contributed by atoms with van der Waals surface area (Å²) in [5.41, 5.74) is 6.11. The summed E-state index contributed by atoms with van der Waals surface area (Å²) in [7, 11) is 0. The zero-order valence-corrected chi connectivity index (χ0v) is 12.7. The van der Waals surface area contributed by atoms with Gasteiger partial charge in [0.15, 0.2) is 0 Å². The molecule has 0 aliphatic rings. The van der Waals surface area contributed by atoms with Crippen molar-refractivity contribution >= 4 is 17.4 Å². The van der Waals surface area contributed by atoms with Crippen molar-refractivity contribution in [2.24, 2.45) is 5.10 Å². The molecule has 1 aromatic carbocycles. The Morgan fingerprint density at radius 3 is 2.86 bits per heavy atom. The fourth-order valence-corrected chi connectivity index (χ4v) is 1.89. The molecule has 1 heterocycles. The van der Waals surface area contributed by atoms with Crippen LogP contribution in [0, 0.1) is 0 Å². The fourth-order valence-electron chi connectivity index (χ4n) is 1.89. The number of rotatable bonds is 6. The molecule has 1 aromatic heterocycles. The highest BCUT2D eigenvalue weighted by atomic mass is 16.5. The predicted octanol–water partition coefficient (Wildman–Crippen LogP) is 3.02. The highest BCUT2D eigenvalue weighted by Crippen LogP contribution is 2.13. The van der Waals surface area contributed by atoms with Crippen LogP contribution >= 0.6 is 0 Å². The maximum Gasteiger partial charge on any atom is 0.354 e. The molecule has 0 fully saturated rings. The molecule has 0 bridgehead atoms. The Bertz CT molecular complexity index is 654. The summed E-state index contributed by atoms with van der Waals surface area (Å²) < 4.78 is 4.88. The summed E-state index contributed by atoms with van der Waals surface area (Å²) in [5, 5.41) is 4.04. The van der Waals surface area contributed by atoms with Gasteiger partial charge in [-0.3, -0.25) is 10.4 Å². The van der Waals surface area contributed by atoms with Crippen molar-refractivity contribution in [1.82, 2.24) is 4.98 Å². The molecule has 114 valence electrons. The molecule has 0 unspecified atom stereocenters. The van der Waals surface area contributed by atoms with E-state index in [9.17, 15) is 4.79 Å². The summed E-state index contributed by atoms with van der Waals surface area (Å²) in [6, 6.07) is 13.7. The molecule has 0 atom stereocenters. The molecular weight excluding hydrogens is 278 g/mol. The monoisotopic (exact) mass is 297 g/mol. The van der Waals surface area contributed by atoms with Crippen molar-refractivity contribution < 1.29 is 9.53 Å². The molecule has 22 heavy (non-hydrogen) atoms. The van der Waals surface area contributed by atoms with Gasteiger partial charge in [-0.1, -0.05) is 18.2 Å². The Balaban J connectivity index is 2.02. The van der Waals surface area contributed by atoms with E-state index >= 15 is 0 Å². The van der Waals surface area contributed by atoms with Crippen molar-refractivity contribution in [3.63, 3.8) is 0 Å². The maximum atomic E-state index is 11.5. The van der Waals surface area contributed by atoms with E-state index in [-0.39, 0.29) is 5.71 Å². The Kier molecular flexibility index (Phi) is 5.65. The molecule has 0 aliphatic heterocycles. The molecule has 0 amide bonds. The minimum absolute atomic E-state index is 0.289. The number of nitrogens with zero attached hydrogens (tertiary/aromatic N) is 2. The van der Waals surface area contributed by atoms with Gasteiger partial charge in [0.05, 0.1) is 12.3 Å². The summed E-state index contributed by atoms with van der Waals surface area (Å²) in [6.07, 6.45) is 2.53. The van der Waals surface area contributed by atoms with Crippen molar-refractivity contribution in [3.05, 3.63) is 59.9 Å². The molecule has 2 aromatic rings. The Hall–Kier alpha value is -2.69. The van der Waals surface area contributed by atoms with Gasteiger partial charge in [0.1, 0.15) is 5.71 Å². The van der Waals surface area contributed by atoms with E-state index in [0.29, 0.717) is 6.61 Å². The number of hydrazone groups is 1. The van der Waals surface area contributed by atoms with Crippen LogP contribution in [0.25, 0.3) is 0 Å². The van der Waals surface area contributed by atoms with Crippen LogP contribution in [-0.2, 0) is 16.0 Å². The van der Waals surface area contributed by atoms with E-state index in [1.807, 2.05) is 42.5 Å². The van der Waals surface area contributed by atoms with Gasteiger partial charge in [0.2, 0.25) is 0 Å². The smallest absolute Gasteiger partial charge is 0.354 e. The standard InChI is InChI=1S/C17H19N3O2/c1-3-22-17(21)13(2)19-20-16-9-6-7-14(12-16)11-15-8-4-5-10-18-15/h4-10,12,20H,3,11H2,1-2H3. The predicted molar refractivity (Wildman–Crippen MR) is 86.8 cm³/mol. The quantitative estimate of drug-likeness (QED) is 0.506. The van der Waals surface area contributed by atoms with Gasteiger partial charge in [-0.25, -0.2) is 4.79 Å². The van der Waals surface area contributed by atoms with Crippen LogP contribution in [0.5, 0.6) is 0 Å². The number of aromatic nitrogens is 1. The highest BCUT2D eigenvalue weighted by Gasteiger charge is 2.06. The topological polar surface area (TPSA) is 63.6 Å². The number of carbonyl (C=O) groups excluding carboxylic acids is 1. The Morgan fingerprint density at radius 1 is 1.27 bits per heavy atom. The van der Waals surface area contributed by atoms with Crippen LogP contribution in [-0.4, -0.2) is 23.3 Å². The van der Waals surface area contributed by atoms with Crippen molar-refractivity contribution in [2.45, 2.75) is 20.3 Å². The van der Waals surface area contributed by atoms with Crippen LogP contribution in [0.4, 0.5) is 5.69 Å². The second kappa shape index (κ2) is 7.93. The van der Waals surface area contributed by atoms with Gasteiger partial charge in [-0.15, -0.1) is 0 Å². The Labute approximate surface area is 130 Å². The first-order valence-corrected chi connectivity index (χ1v) is 7.15. The number of pyridine rings is 1. The Morgan fingerprint density at radius 2 is 2.14 bits per heavy atom. The first-order chi connectivity index (χ1) is 10.7. The molecule has 5 heteroatoms. The number of hydrogen-bond acceptors (Lipinski definition) is 5. The minimum Gasteiger partial charge on any atom is -0.461 e. The fraction of sp³-hybridized carbons (Fsp3) is 0.235. The second-order valence-corrected chi connectivity index (χ2v) is 4.73. The summed E-state index contributed by atoms with van der Waals surface area (Å²) in [6.45, 7) is 3.72. The molecule has 0 saturated carbocycles. The van der Waals surface area contributed by atoms with Gasteiger partial charge in [0, 0.05) is 18.3 Å². The molecule has 1 N–H and O–H groups in total. The van der Waals surface area contributed by atoms with Crippen LogP contribution in [0.15, 0.2) is 53.8 Å². The van der Waals surface area contributed by atoms with E-state index in [4.69, 9.17) is 4.74 Å². The van der Waals surface area contributed by atoms with Gasteiger partial charge < -0.3 is 4.74 Å². The molecular formula is C17H19N3O2. The number of ether oxygens (including phenoxy) is 1. The SMILES string of the molecule is CCOC(=O)C(C)=NNc1cccc(Cc2ccccn2)c1. The van der Waals surface area contributed by atoms with Gasteiger partial charge in [-0.2, -0.15) is 5.10 Å². The average molecular weight is 297 g/mol. The van der Waals surface area contributed by atoms with E-state index in [0.717, 1.165) is 23.4 Å². The number of carbonyl (C=O) groups is 1. The molecule has 0 aliphatic carbocycles. The van der Waals surface area contributed by atoms with E-state index in [1.54, 1.807) is 20.0 Å². The van der Waals surface area contributed by atoms with E-state index in [2.05, 4.69) is 15.5 Å². The lowest BCUT2D eigenvalue weighted by molar-refractivity contribution is -0.135. The van der Waals surface area contributed by atoms with Gasteiger partial charge in [0.25, 0.3) is 0 Å². The summed E-state index contributed by atoms with van der Waals surface area (Å²) in [5.74, 6) is -0.417. The van der Waals surface area contributed by atoms with Crippen molar-refractivity contribution in [1.29, 1.82) is 0 Å². The number of benzene rings is 1. The third kappa shape index (κ3) is 4.70. The molecule has 2 rings (SSSR count). The van der Waals surface area contributed by atoms with Gasteiger partial charge in [-0.05, 0) is 43.7 Å². The third-order valence-corrected chi connectivity index (χ3v) is 2.96. The van der Waals surface area contributed by atoms with Crippen LogP contribution in [0.3, 0.4) is 0 Å². The molecule has 0 radical (unpaired) electrons. The third-order valence-electron chi connectivity index (χ3n) is 2.96. The minimum atomic E-state index is -0.417. The zero-order chi connectivity index (χ0) is 15.8. The van der Waals surface area contributed by atoms with Gasteiger partial charge >= 0.3 is 5.97 Å². The number of esters is 1. The molecule has 0 saturated heterocycles. The largest absolute Gasteiger partial charge is 0.461 e. The maximum absolute atomic E-state index is 11.5. The van der Waals surface area contributed by atoms with Crippen LogP contribution < -0.4 is 5.43 Å². The number of anilines is 1.